The Kier molecular flexibility index (Phi) is 2.37. The SMILES string of the molecule is CCCC1COC2(CCC2)OC1. The Morgan fingerprint density at radius 3 is 2.33 bits per heavy atom. The topological polar surface area (TPSA) is 18.5 Å². The molecule has 0 aromatic heterocycles. The normalized spacial score (nSPS) is 28.8. The van der Waals surface area contributed by atoms with Crippen molar-refractivity contribution in [2.24, 2.45) is 5.92 Å². The molecule has 1 spiro atoms. The van der Waals surface area contributed by atoms with Gasteiger partial charge in [-0.1, -0.05) is 13.3 Å². The Bertz CT molecular complexity index is 142. The third-order valence-electron chi connectivity index (χ3n) is 2.98. The maximum Gasteiger partial charge on any atom is 0.168 e. The van der Waals surface area contributed by atoms with E-state index in [4.69, 9.17) is 9.47 Å². The summed E-state index contributed by atoms with van der Waals surface area (Å²) in [4.78, 5) is 0. The number of hydrogen-bond donors (Lipinski definition) is 0. The smallest absolute Gasteiger partial charge is 0.168 e. The van der Waals surface area contributed by atoms with Crippen LogP contribution in [0.3, 0.4) is 0 Å². The first kappa shape index (κ1) is 8.52. The van der Waals surface area contributed by atoms with Crippen molar-refractivity contribution in [1.29, 1.82) is 0 Å². The van der Waals surface area contributed by atoms with E-state index in [-0.39, 0.29) is 5.79 Å². The Morgan fingerprint density at radius 2 is 1.92 bits per heavy atom. The van der Waals surface area contributed by atoms with Crippen LogP contribution in [0.25, 0.3) is 0 Å². The van der Waals surface area contributed by atoms with Gasteiger partial charge in [0.25, 0.3) is 0 Å². The van der Waals surface area contributed by atoms with Crippen LogP contribution in [0, 0.1) is 5.92 Å². The molecular weight excluding hydrogens is 152 g/mol. The van der Waals surface area contributed by atoms with Crippen molar-refractivity contribution < 1.29 is 9.47 Å². The summed E-state index contributed by atoms with van der Waals surface area (Å²) in [6.07, 6.45) is 6.00. The summed E-state index contributed by atoms with van der Waals surface area (Å²) in [6.45, 7) is 4.06. The first-order valence-electron chi connectivity index (χ1n) is 5.12. The second-order valence-corrected chi connectivity index (χ2v) is 4.04. The van der Waals surface area contributed by atoms with Crippen LogP contribution in [0.1, 0.15) is 39.0 Å². The number of ether oxygens (including phenoxy) is 2. The molecule has 2 aliphatic rings. The van der Waals surface area contributed by atoms with E-state index < -0.39 is 0 Å². The lowest BCUT2D eigenvalue weighted by Gasteiger charge is -2.46. The highest BCUT2D eigenvalue weighted by molar-refractivity contribution is 4.83. The second-order valence-electron chi connectivity index (χ2n) is 4.04. The van der Waals surface area contributed by atoms with E-state index in [0.29, 0.717) is 5.92 Å². The molecule has 1 saturated carbocycles. The lowest BCUT2D eigenvalue weighted by molar-refractivity contribution is -0.317. The zero-order chi connectivity index (χ0) is 8.44. The first-order valence-corrected chi connectivity index (χ1v) is 5.12. The summed E-state index contributed by atoms with van der Waals surface area (Å²) < 4.78 is 11.5. The fourth-order valence-corrected chi connectivity index (χ4v) is 1.96. The minimum atomic E-state index is -0.121. The standard InChI is InChI=1S/C10H18O2/c1-2-4-9-7-11-10(12-8-9)5-3-6-10/h9H,2-8H2,1H3. The van der Waals surface area contributed by atoms with Crippen molar-refractivity contribution in [2.75, 3.05) is 13.2 Å². The lowest BCUT2D eigenvalue weighted by Crippen LogP contribution is -2.49. The fourth-order valence-electron chi connectivity index (χ4n) is 1.96. The van der Waals surface area contributed by atoms with E-state index >= 15 is 0 Å². The molecule has 2 rings (SSSR count). The largest absolute Gasteiger partial charge is 0.350 e. The Balaban J connectivity index is 1.77. The Hall–Kier alpha value is -0.0800. The highest BCUT2D eigenvalue weighted by Gasteiger charge is 2.42. The highest BCUT2D eigenvalue weighted by atomic mass is 16.7. The minimum Gasteiger partial charge on any atom is -0.350 e. The van der Waals surface area contributed by atoms with Crippen molar-refractivity contribution in [3.05, 3.63) is 0 Å². The predicted molar refractivity (Wildman–Crippen MR) is 46.9 cm³/mol. The van der Waals surface area contributed by atoms with E-state index in [9.17, 15) is 0 Å². The molecule has 0 atom stereocenters. The van der Waals surface area contributed by atoms with Crippen molar-refractivity contribution in [3.8, 4) is 0 Å². The van der Waals surface area contributed by atoms with Crippen LogP contribution in [0.15, 0.2) is 0 Å². The third kappa shape index (κ3) is 1.50. The average Bonchev–Trinajstić information content (AvgIpc) is 2.04. The van der Waals surface area contributed by atoms with Crippen LogP contribution in [0.2, 0.25) is 0 Å². The molecule has 0 bridgehead atoms. The molecule has 0 aromatic rings. The van der Waals surface area contributed by atoms with Crippen molar-refractivity contribution in [3.63, 3.8) is 0 Å². The number of hydrogen-bond acceptors (Lipinski definition) is 2. The summed E-state index contributed by atoms with van der Waals surface area (Å²) >= 11 is 0. The van der Waals surface area contributed by atoms with Crippen molar-refractivity contribution >= 4 is 0 Å². The van der Waals surface area contributed by atoms with Gasteiger partial charge in [-0.25, -0.2) is 0 Å². The predicted octanol–water partition coefficient (Wildman–Crippen LogP) is 2.33. The van der Waals surface area contributed by atoms with Gasteiger partial charge >= 0.3 is 0 Å². The quantitative estimate of drug-likeness (QED) is 0.633. The monoisotopic (exact) mass is 170 g/mol. The van der Waals surface area contributed by atoms with Crippen LogP contribution in [0.5, 0.6) is 0 Å². The molecule has 1 aliphatic carbocycles. The number of rotatable bonds is 2. The van der Waals surface area contributed by atoms with E-state index in [1.807, 2.05) is 0 Å². The summed E-state index contributed by atoms with van der Waals surface area (Å²) in [7, 11) is 0. The van der Waals surface area contributed by atoms with Gasteiger partial charge in [-0.15, -0.1) is 0 Å². The first-order chi connectivity index (χ1) is 5.85. The van der Waals surface area contributed by atoms with Gasteiger partial charge in [-0.3, -0.25) is 0 Å². The van der Waals surface area contributed by atoms with E-state index in [1.54, 1.807) is 0 Å². The molecular formula is C10H18O2. The molecule has 2 heteroatoms. The summed E-state index contributed by atoms with van der Waals surface area (Å²) in [5.74, 6) is 0.533. The van der Waals surface area contributed by atoms with Crippen LogP contribution >= 0.6 is 0 Å². The third-order valence-corrected chi connectivity index (χ3v) is 2.98. The Morgan fingerprint density at radius 1 is 1.25 bits per heavy atom. The van der Waals surface area contributed by atoms with E-state index in [1.165, 1.54) is 19.3 Å². The van der Waals surface area contributed by atoms with Gasteiger partial charge in [0.2, 0.25) is 0 Å². The van der Waals surface area contributed by atoms with E-state index in [0.717, 1.165) is 26.1 Å². The van der Waals surface area contributed by atoms with E-state index in [2.05, 4.69) is 6.92 Å². The summed E-state index contributed by atoms with van der Waals surface area (Å²) in [5, 5.41) is 0. The summed E-state index contributed by atoms with van der Waals surface area (Å²) in [5.41, 5.74) is 0. The molecule has 0 aromatic carbocycles. The van der Waals surface area contributed by atoms with Crippen LogP contribution in [-0.4, -0.2) is 19.0 Å². The maximum atomic E-state index is 5.74. The molecule has 2 nitrogen and oxygen atoms in total. The molecule has 0 radical (unpaired) electrons. The average molecular weight is 170 g/mol. The molecule has 1 saturated heterocycles. The van der Waals surface area contributed by atoms with Crippen molar-refractivity contribution in [1.82, 2.24) is 0 Å². The van der Waals surface area contributed by atoms with Gasteiger partial charge < -0.3 is 9.47 Å². The molecule has 2 fully saturated rings. The van der Waals surface area contributed by atoms with Gasteiger partial charge in [0.15, 0.2) is 5.79 Å². The van der Waals surface area contributed by atoms with Gasteiger partial charge in [0.1, 0.15) is 0 Å². The second kappa shape index (κ2) is 3.35. The van der Waals surface area contributed by atoms with Gasteiger partial charge in [0, 0.05) is 18.8 Å². The Labute approximate surface area is 74.2 Å². The zero-order valence-electron chi connectivity index (χ0n) is 7.84. The molecule has 12 heavy (non-hydrogen) atoms. The fraction of sp³-hybridized carbons (Fsp3) is 1.00. The molecule has 70 valence electrons. The summed E-state index contributed by atoms with van der Waals surface area (Å²) in [6, 6.07) is 0. The minimum absolute atomic E-state index is 0.121. The molecule has 0 N–H and O–H groups in total. The molecule has 0 unspecified atom stereocenters. The highest BCUT2D eigenvalue weighted by Crippen LogP contribution is 2.40. The van der Waals surface area contributed by atoms with Gasteiger partial charge in [-0.05, 0) is 12.8 Å². The van der Waals surface area contributed by atoms with Gasteiger partial charge in [0.05, 0.1) is 13.2 Å². The maximum absolute atomic E-state index is 5.74. The molecule has 1 heterocycles. The zero-order valence-corrected chi connectivity index (χ0v) is 7.84. The van der Waals surface area contributed by atoms with Crippen LogP contribution in [-0.2, 0) is 9.47 Å². The molecule has 1 aliphatic heterocycles. The lowest BCUT2D eigenvalue weighted by atomic mass is 9.89. The molecule has 0 amide bonds. The van der Waals surface area contributed by atoms with Gasteiger partial charge in [-0.2, -0.15) is 0 Å². The van der Waals surface area contributed by atoms with Crippen molar-refractivity contribution in [2.45, 2.75) is 44.8 Å². The van der Waals surface area contributed by atoms with Crippen LogP contribution in [0.4, 0.5) is 0 Å². The van der Waals surface area contributed by atoms with Crippen LogP contribution < -0.4 is 0 Å².